The van der Waals surface area contributed by atoms with Crippen LogP contribution in [0.5, 0.6) is 0 Å². The minimum absolute atomic E-state index is 0.0696. The molecule has 0 aliphatic carbocycles. The molecule has 14 heavy (non-hydrogen) atoms. The molecule has 0 radical (unpaired) electrons. The van der Waals surface area contributed by atoms with E-state index in [9.17, 15) is 14.9 Å². The highest BCUT2D eigenvalue weighted by Gasteiger charge is 2.12. The monoisotopic (exact) mass is 205 g/mol. The van der Waals surface area contributed by atoms with Crippen molar-refractivity contribution in [2.75, 3.05) is 6.54 Å². The van der Waals surface area contributed by atoms with Crippen LogP contribution >= 0.6 is 0 Å². The predicted molar refractivity (Wildman–Crippen MR) is 46.4 cm³/mol. The van der Waals surface area contributed by atoms with Gasteiger partial charge in [-0.05, 0) is 6.42 Å². The maximum atomic E-state index is 10.1. The lowest BCUT2D eigenvalue weighted by molar-refractivity contribution is -0.632. The summed E-state index contributed by atoms with van der Waals surface area (Å²) in [7, 11) is 0. The van der Waals surface area contributed by atoms with E-state index in [1.54, 1.807) is 0 Å². The first kappa shape index (κ1) is 12.1. The SMILES string of the molecule is NC(=NCCCC(=O)O)N(N)[N+](=O)[O-]. The predicted octanol–water partition coefficient (Wildman–Crippen LogP) is -1.47. The lowest BCUT2D eigenvalue weighted by Crippen LogP contribution is -2.46. The largest absolute Gasteiger partial charge is 0.481 e. The Bertz CT molecular complexity index is 253. The number of nitrogens with two attached hydrogens (primary N) is 2. The van der Waals surface area contributed by atoms with Gasteiger partial charge in [0.2, 0.25) is 0 Å². The Morgan fingerprint density at radius 1 is 1.64 bits per heavy atom. The second-order valence-electron chi connectivity index (χ2n) is 2.32. The first-order valence-corrected chi connectivity index (χ1v) is 3.66. The topological polar surface area (TPSA) is 148 Å². The number of carboxylic acids is 1. The molecule has 0 atom stereocenters. The fourth-order valence-corrected chi connectivity index (χ4v) is 0.580. The van der Waals surface area contributed by atoms with E-state index in [1.165, 1.54) is 0 Å². The van der Waals surface area contributed by atoms with Gasteiger partial charge in [0, 0.05) is 18.1 Å². The summed E-state index contributed by atoms with van der Waals surface area (Å²) < 4.78 is 0. The Morgan fingerprint density at radius 2 is 2.21 bits per heavy atom. The molecule has 0 aliphatic rings. The summed E-state index contributed by atoms with van der Waals surface area (Å²) in [6, 6.07) is 0. The van der Waals surface area contributed by atoms with E-state index >= 15 is 0 Å². The van der Waals surface area contributed by atoms with Crippen molar-refractivity contribution < 1.29 is 14.9 Å². The van der Waals surface area contributed by atoms with E-state index in [0.29, 0.717) is 0 Å². The summed E-state index contributed by atoms with van der Waals surface area (Å²) in [5.74, 6) is 3.45. The molecule has 0 aromatic carbocycles. The summed E-state index contributed by atoms with van der Waals surface area (Å²) in [6.07, 6.45) is 0.182. The highest BCUT2D eigenvalue weighted by molar-refractivity contribution is 5.76. The van der Waals surface area contributed by atoms with Gasteiger partial charge in [0.1, 0.15) is 0 Å². The van der Waals surface area contributed by atoms with Crippen LogP contribution in [0.2, 0.25) is 0 Å². The van der Waals surface area contributed by atoms with Gasteiger partial charge in [-0.15, -0.1) is 0 Å². The fraction of sp³-hybridized carbons (Fsp3) is 0.600. The third-order valence-corrected chi connectivity index (χ3v) is 1.23. The first-order valence-electron chi connectivity index (χ1n) is 3.66. The van der Waals surface area contributed by atoms with Crippen LogP contribution in [0.15, 0.2) is 4.99 Å². The number of nitrogens with zero attached hydrogens (tertiary/aromatic N) is 3. The zero-order valence-corrected chi connectivity index (χ0v) is 7.29. The normalized spacial score (nSPS) is 11.1. The van der Waals surface area contributed by atoms with Crippen molar-refractivity contribution in [1.29, 1.82) is 0 Å². The number of rotatable bonds is 5. The maximum Gasteiger partial charge on any atom is 0.303 e. The van der Waals surface area contributed by atoms with Gasteiger partial charge in [0.25, 0.3) is 5.96 Å². The molecule has 80 valence electrons. The summed E-state index contributed by atoms with van der Waals surface area (Å²) in [5.41, 5.74) is 5.10. The molecule has 0 aromatic heterocycles. The molecule has 5 N–H and O–H groups in total. The van der Waals surface area contributed by atoms with Gasteiger partial charge in [-0.3, -0.25) is 4.79 Å². The molecule has 0 spiro atoms. The summed E-state index contributed by atoms with van der Waals surface area (Å²) in [6.45, 7) is 0.0830. The molecular weight excluding hydrogens is 194 g/mol. The summed E-state index contributed by atoms with van der Waals surface area (Å²) in [4.78, 5) is 23.6. The zero-order valence-electron chi connectivity index (χ0n) is 7.29. The second-order valence-corrected chi connectivity index (χ2v) is 2.32. The molecule has 9 heteroatoms. The number of hydrogen-bond donors (Lipinski definition) is 3. The quantitative estimate of drug-likeness (QED) is 0.124. The van der Waals surface area contributed by atoms with Crippen molar-refractivity contribution in [3.63, 3.8) is 0 Å². The molecule has 0 saturated carbocycles. The second kappa shape index (κ2) is 5.70. The van der Waals surface area contributed by atoms with Crippen LogP contribution in [-0.4, -0.2) is 33.7 Å². The first-order chi connectivity index (χ1) is 6.45. The standard InChI is InChI=1S/C5H11N5O4/c6-5(9(7)10(13)14)8-3-1-2-4(11)12/h1-3,7H2,(H2,6,8)(H,11,12). The molecule has 0 aromatic rings. The van der Waals surface area contributed by atoms with Crippen LogP contribution in [0, 0.1) is 10.1 Å². The molecule has 0 heterocycles. The molecule has 0 aliphatic heterocycles. The number of carboxylic acid groups (broad SMARTS) is 1. The van der Waals surface area contributed by atoms with E-state index in [1.807, 2.05) is 0 Å². The Kier molecular flexibility index (Phi) is 4.92. The average molecular weight is 205 g/mol. The van der Waals surface area contributed by atoms with Crippen molar-refractivity contribution in [1.82, 2.24) is 5.12 Å². The average Bonchev–Trinajstić information content (AvgIpc) is 2.10. The third-order valence-electron chi connectivity index (χ3n) is 1.23. The van der Waals surface area contributed by atoms with Crippen LogP contribution in [-0.2, 0) is 4.79 Å². The van der Waals surface area contributed by atoms with Gasteiger partial charge in [-0.2, -0.15) is 5.84 Å². The number of hydrazine groups is 2. The van der Waals surface area contributed by atoms with Crippen molar-refractivity contribution in [2.24, 2.45) is 16.6 Å². The van der Waals surface area contributed by atoms with E-state index in [4.69, 9.17) is 16.7 Å². The van der Waals surface area contributed by atoms with E-state index < -0.39 is 17.0 Å². The zero-order chi connectivity index (χ0) is 11.1. The minimum atomic E-state index is -0.961. The van der Waals surface area contributed by atoms with Crippen LogP contribution in [0.4, 0.5) is 0 Å². The Balaban J connectivity index is 3.88. The van der Waals surface area contributed by atoms with Crippen LogP contribution < -0.4 is 11.6 Å². The number of nitro groups is 1. The highest BCUT2D eigenvalue weighted by Crippen LogP contribution is 1.90. The van der Waals surface area contributed by atoms with Gasteiger partial charge in [-0.25, -0.2) is 15.1 Å². The molecule has 0 rings (SSSR count). The number of aliphatic imine (C=N–C) groups is 1. The molecule has 0 fully saturated rings. The van der Waals surface area contributed by atoms with Gasteiger partial charge in [-0.1, -0.05) is 0 Å². The Hall–Kier alpha value is -1.90. The summed E-state index contributed by atoms with van der Waals surface area (Å²) in [5, 5.41) is 17.4. The Morgan fingerprint density at radius 3 is 2.64 bits per heavy atom. The molecule has 0 saturated heterocycles. The van der Waals surface area contributed by atoms with Crippen molar-refractivity contribution in [3.05, 3.63) is 10.1 Å². The van der Waals surface area contributed by atoms with Crippen molar-refractivity contribution >= 4 is 11.9 Å². The Labute approximate surface area is 79.1 Å². The van der Waals surface area contributed by atoms with Gasteiger partial charge in [0.05, 0.1) is 0 Å². The van der Waals surface area contributed by atoms with Crippen molar-refractivity contribution in [3.8, 4) is 0 Å². The van der Waals surface area contributed by atoms with Crippen LogP contribution in [0.1, 0.15) is 12.8 Å². The van der Waals surface area contributed by atoms with E-state index in [0.717, 1.165) is 0 Å². The smallest absolute Gasteiger partial charge is 0.303 e. The van der Waals surface area contributed by atoms with Gasteiger partial charge in [0.15, 0.2) is 5.03 Å². The summed E-state index contributed by atoms with van der Waals surface area (Å²) >= 11 is 0. The number of hydrogen-bond acceptors (Lipinski definition) is 5. The molecule has 0 bridgehead atoms. The molecule has 9 nitrogen and oxygen atoms in total. The molecule has 0 unspecified atom stereocenters. The van der Waals surface area contributed by atoms with Crippen LogP contribution in [0.3, 0.4) is 0 Å². The number of aliphatic carboxylic acids is 1. The number of guanidine groups is 1. The van der Waals surface area contributed by atoms with Gasteiger partial charge >= 0.3 is 5.97 Å². The maximum absolute atomic E-state index is 10.1. The lowest BCUT2D eigenvalue weighted by atomic mass is 10.3. The lowest BCUT2D eigenvalue weighted by Gasteiger charge is -2.04. The highest BCUT2D eigenvalue weighted by atomic mass is 16.7. The third kappa shape index (κ3) is 4.87. The van der Waals surface area contributed by atoms with E-state index in [2.05, 4.69) is 4.99 Å². The fourth-order valence-electron chi connectivity index (χ4n) is 0.580. The van der Waals surface area contributed by atoms with Crippen molar-refractivity contribution in [2.45, 2.75) is 12.8 Å². The molecular formula is C5H11N5O4. The van der Waals surface area contributed by atoms with Crippen LogP contribution in [0.25, 0.3) is 0 Å². The van der Waals surface area contributed by atoms with E-state index in [-0.39, 0.29) is 24.5 Å². The molecule has 0 amide bonds. The van der Waals surface area contributed by atoms with Gasteiger partial charge < -0.3 is 10.8 Å². The number of carbonyl (C=O) groups is 1. The minimum Gasteiger partial charge on any atom is -0.481 e.